The van der Waals surface area contributed by atoms with E-state index in [-0.39, 0.29) is 0 Å². The summed E-state index contributed by atoms with van der Waals surface area (Å²) < 4.78 is 11.7. The van der Waals surface area contributed by atoms with Crippen molar-refractivity contribution in [2.75, 3.05) is 12.4 Å². The summed E-state index contributed by atoms with van der Waals surface area (Å²) >= 11 is -2.39. The van der Waals surface area contributed by atoms with Crippen LogP contribution in [0.3, 0.4) is 0 Å². The van der Waals surface area contributed by atoms with Crippen LogP contribution in [0.25, 0.3) is 22.8 Å². The number of hydrogen-bond donors (Lipinski definition) is 1. The molecule has 4 nitrogen and oxygen atoms in total. The van der Waals surface area contributed by atoms with Crippen molar-refractivity contribution in [2.24, 2.45) is 0 Å². The Hall–Kier alpha value is -1.82. The van der Waals surface area contributed by atoms with Gasteiger partial charge < -0.3 is 0 Å². The van der Waals surface area contributed by atoms with E-state index in [9.17, 15) is 0 Å². The zero-order valence-electron chi connectivity index (χ0n) is 20.3. The van der Waals surface area contributed by atoms with Crippen LogP contribution in [0.2, 0.25) is 13.3 Å². The summed E-state index contributed by atoms with van der Waals surface area (Å²) in [4.78, 5) is 4.67. The number of aromatic nitrogens is 2. The first-order valence-electron chi connectivity index (χ1n) is 12.4. The molecule has 0 aliphatic carbocycles. The van der Waals surface area contributed by atoms with Crippen LogP contribution < -0.4 is 8.90 Å². The topological polar surface area (TPSA) is 51.0 Å². The number of nitrogens with zero attached hydrogens (tertiary/aromatic N) is 2. The van der Waals surface area contributed by atoms with E-state index < -0.39 is 18.4 Å². The Kier molecular flexibility index (Phi) is 9.64. The minimum atomic E-state index is -2.39. The van der Waals surface area contributed by atoms with Crippen molar-refractivity contribution < 1.29 is 4.52 Å². The summed E-state index contributed by atoms with van der Waals surface area (Å²) in [6.45, 7) is 7.00. The molecule has 3 rings (SSSR count). The summed E-state index contributed by atoms with van der Waals surface area (Å²) in [5, 5.41) is 7.39. The third kappa shape index (κ3) is 6.15. The standard InChI is InChI=1S/C15H12N3O.3C4H9.Sn/c1-16-13-9-7-12(8-10-13)15-17-14(18-19-15)11-5-3-2-4-6-11;3*1-3-4-2;/h3-10,16H,1H3;3*1,3-4H2,2H3;. The van der Waals surface area contributed by atoms with Crippen molar-refractivity contribution in [1.29, 1.82) is 0 Å². The fraction of sp³-hybridized carbons (Fsp3) is 0.481. The van der Waals surface area contributed by atoms with Crippen LogP contribution in [0.5, 0.6) is 0 Å². The molecule has 0 spiro atoms. The van der Waals surface area contributed by atoms with Gasteiger partial charge in [0.05, 0.1) is 0 Å². The van der Waals surface area contributed by atoms with E-state index >= 15 is 0 Å². The molecule has 0 saturated carbocycles. The SMILES string of the molecule is CCC[CH2][Sn]([CH2]CCC)([CH2]CCC)[c]1ccc(-c2noc(-c3ccc(NC)cc3)n2)cc1. The van der Waals surface area contributed by atoms with Gasteiger partial charge in [-0.3, -0.25) is 0 Å². The van der Waals surface area contributed by atoms with Crippen LogP contribution in [0.1, 0.15) is 59.3 Å². The van der Waals surface area contributed by atoms with Gasteiger partial charge in [-0.2, -0.15) is 0 Å². The molecule has 2 aromatic carbocycles. The molecule has 0 radical (unpaired) electrons. The second kappa shape index (κ2) is 12.4. The van der Waals surface area contributed by atoms with Gasteiger partial charge in [-0.25, -0.2) is 0 Å². The van der Waals surface area contributed by atoms with Gasteiger partial charge in [-0.05, 0) is 0 Å². The number of rotatable bonds is 13. The first-order valence-corrected chi connectivity index (χ1v) is 19.9. The molecule has 0 atom stereocenters. The first-order chi connectivity index (χ1) is 15.7. The molecule has 0 saturated heterocycles. The Morgan fingerprint density at radius 1 is 0.750 bits per heavy atom. The maximum atomic E-state index is 5.57. The molecule has 3 aromatic rings. The van der Waals surface area contributed by atoms with Gasteiger partial charge in [-0.1, -0.05) is 0 Å². The van der Waals surface area contributed by atoms with E-state index in [4.69, 9.17) is 4.52 Å². The predicted molar refractivity (Wildman–Crippen MR) is 139 cm³/mol. The van der Waals surface area contributed by atoms with Crippen LogP contribution in [0.15, 0.2) is 53.1 Å². The van der Waals surface area contributed by atoms with Crippen molar-refractivity contribution >= 4 is 27.6 Å². The quantitative estimate of drug-likeness (QED) is 0.228. The zero-order chi connectivity index (χ0) is 22.8. The molecule has 0 aliphatic rings. The van der Waals surface area contributed by atoms with Gasteiger partial charge in [0.2, 0.25) is 0 Å². The Balaban J connectivity index is 1.84. The Labute approximate surface area is 198 Å². The third-order valence-electron chi connectivity index (χ3n) is 6.63. The Morgan fingerprint density at radius 3 is 1.78 bits per heavy atom. The van der Waals surface area contributed by atoms with E-state index in [1.807, 2.05) is 31.3 Å². The summed E-state index contributed by atoms with van der Waals surface area (Å²) in [6.07, 6.45) is 8.05. The van der Waals surface area contributed by atoms with E-state index in [1.165, 1.54) is 51.8 Å². The third-order valence-corrected chi connectivity index (χ3v) is 22.3. The summed E-state index contributed by atoms with van der Waals surface area (Å²) in [5.74, 6) is 1.23. The first kappa shape index (κ1) is 24.8. The summed E-state index contributed by atoms with van der Waals surface area (Å²) in [7, 11) is 1.91. The molecule has 32 heavy (non-hydrogen) atoms. The molecule has 0 unspecified atom stereocenters. The Bertz CT molecular complexity index is 913. The van der Waals surface area contributed by atoms with Crippen molar-refractivity contribution in [2.45, 2.75) is 72.6 Å². The fourth-order valence-corrected chi connectivity index (χ4v) is 20.5. The molecular formula is C27H39N3OSn. The summed E-state index contributed by atoms with van der Waals surface area (Å²) in [5.41, 5.74) is 3.04. The van der Waals surface area contributed by atoms with Gasteiger partial charge in [-0.15, -0.1) is 0 Å². The van der Waals surface area contributed by atoms with Crippen LogP contribution in [0.4, 0.5) is 5.69 Å². The normalized spacial score (nSPS) is 11.6. The summed E-state index contributed by atoms with van der Waals surface area (Å²) in [6, 6.07) is 17.3. The maximum absolute atomic E-state index is 5.57. The number of benzene rings is 2. The molecule has 0 amide bonds. The molecule has 1 N–H and O–H groups in total. The number of anilines is 1. The monoisotopic (exact) mass is 541 g/mol. The molecule has 0 fully saturated rings. The van der Waals surface area contributed by atoms with Gasteiger partial charge in [0.25, 0.3) is 0 Å². The second-order valence-corrected chi connectivity index (χ2v) is 22.2. The van der Waals surface area contributed by atoms with Crippen LogP contribution >= 0.6 is 0 Å². The van der Waals surface area contributed by atoms with Gasteiger partial charge in [0.15, 0.2) is 0 Å². The van der Waals surface area contributed by atoms with Crippen molar-refractivity contribution in [3.8, 4) is 22.8 Å². The van der Waals surface area contributed by atoms with Crippen molar-refractivity contribution in [3.05, 3.63) is 48.5 Å². The average Bonchev–Trinajstić information content (AvgIpc) is 3.34. The Morgan fingerprint density at radius 2 is 1.28 bits per heavy atom. The van der Waals surface area contributed by atoms with Crippen molar-refractivity contribution in [1.82, 2.24) is 10.1 Å². The predicted octanol–water partition coefficient (Wildman–Crippen LogP) is 7.50. The zero-order valence-corrected chi connectivity index (χ0v) is 23.1. The number of nitrogens with one attached hydrogen (secondary N) is 1. The molecule has 1 heterocycles. The molecule has 172 valence electrons. The molecule has 5 heteroatoms. The molecule has 0 aliphatic heterocycles. The molecular weight excluding hydrogens is 501 g/mol. The van der Waals surface area contributed by atoms with E-state index in [0.29, 0.717) is 11.7 Å². The van der Waals surface area contributed by atoms with E-state index in [1.54, 1.807) is 3.58 Å². The van der Waals surface area contributed by atoms with Crippen LogP contribution in [-0.2, 0) is 0 Å². The molecule has 0 bridgehead atoms. The van der Waals surface area contributed by atoms with Gasteiger partial charge in [0.1, 0.15) is 0 Å². The van der Waals surface area contributed by atoms with E-state index in [0.717, 1.165) is 16.8 Å². The number of unbranched alkanes of at least 4 members (excludes halogenated alkanes) is 3. The average molecular weight is 540 g/mol. The second-order valence-electron chi connectivity index (χ2n) is 8.92. The minimum absolute atomic E-state index is 0.564. The van der Waals surface area contributed by atoms with E-state index in [2.05, 4.69) is 60.5 Å². The molecule has 1 aromatic heterocycles. The number of hydrogen-bond acceptors (Lipinski definition) is 4. The fourth-order valence-electron chi connectivity index (χ4n) is 4.56. The van der Waals surface area contributed by atoms with Crippen molar-refractivity contribution in [3.63, 3.8) is 0 Å². The van der Waals surface area contributed by atoms with Gasteiger partial charge in [0, 0.05) is 7.05 Å². The van der Waals surface area contributed by atoms with Crippen LogP contribution in [0, 0.1) is 0 Å². The van der Waals surface area contributed by atoms with Gasteiger partial charge >= 0.3 is 192 Å². The van der Waals surface area contributed by atoms with Crippen LogP contribution in [-0.4, -0.2) is 35.6 Å².